The van der Waals surface area contributed by atoms with Gasteiger partial charge < -0.3 is 18.7 Å². The van der Waals surface area contributed by atoms with Gasteiger partial charge in [0.1, 0.15) is 17.1 Å². The van der Waals surface area contributed by atoms with Crippen molar-refractivity contribution in [2.75, 3.05) is 0 Å². The smallest absolute Gasteiger partial charge is 0.344 e. The minimum Gasteiger partial charge on any atom is -0.460 e. The number of benzene rings is 2. The molecule has 1 atom stereocenters. The van der Waals surface area contributed by atoms with E-state index in [0.29, 0.717) is 11.0 Å². The van der Waals surface area contributed by atoms with E-state index in [9.17, 15) is 19.1 Å². The van der Waals surface area contributed by atoms with Gasteiger partial charge in [-0.3, -0.25) is 0 Å². The van der Waals surface area contributed by atoms with E-state index >= 15 is 0 Å². The van der Waals surface area contributed by atoms with Crippen LogP contribution in [0.4, 0.5) is 4.39 Å². The summed E-state index contributed by atoms with van der Waals surface area (Å²) >= 11 is 0. The van der Waals surface area contributed by atoms with Crippen molar-refractivity contribution < 1.29 is 23.1 Å². The molecule has 2 aromatic carbocycles. The highest BCUT2D eigenvalue weighted by Gasteiger charge is 2.29. The van der Waals surface area contributed by atoms with Crippen LogP contribution in [0.3, 0.4) is 0 Å². The molecule has 7 heteroatoms. The molecule has 1 N–H and O–H groups in total. The summed E-state index contributed by atoms with van der Waals surface area (Å²) in [6.07, 6.45) is -1.44. The molecule has 1 unspecified atom stereocenters. The van der Waals surface area contributed by atoms with Crippen molar-refractivity contribution >= 4 is 11.0 Å². The maximum Gasteiger partial charge on any atom is 0.344 e. The minimum atomic E-state index is -1.44. The number of hydrogen-bond donors (Lipinski definition) is 1. The number of fused-ring (bicyclic) bond motifs is 4. The monoisotopic (exact) mass is 378 g/mol. The van der Waals surface area contributed by atoms with Crippen LogP contribution in [0.15, 0.2) is 73.0 Å². The van der Waals surface area contributed by atoms with Crippen molar-refractivity contribution in [3.63, 3.8) is 0 Å². The molecular formula is C21H11FO6. The van der Waals surface area contributed by atoms with Crippen LogP contribution >= 0.6 is 0 Å². The topological polar surface area (TPSA) is 89.9 Å². The molecule has 0 amide bonds. The molecule has 4 aromatic rings. The summed E-state index contributed by atoms with van der Waals surface area (Å²) in [6, 6.07) is 13.3. The zero-order chi connectivity index (χ0) is 19.4. The van der Waals surface area contributed by atoms with Crippen LogP contribution < -0.4 is 16.0 Å². The molecule has 0 bridgehead atoms. The first-order valence-corrected chi connectivity index (χ1v) is 8.37. The van der Waals surface area contributed by atoms with Crippen molar-refractivity contribution in [3.8, 4) is 28.2 Å². The zero-order valence-electron chi connectivity index (χ0n) is 14.1. The van der Waals surface area contributed by atoms with Gasteiger partial charge >= 0.3 is 11.3 Å². The highest BCUT2D eigenvalue weighted by atomic mass is 19.1. The first-order chi connectivity index (χ1) is 13.5. The van der Waals surface area contributed by atoms with Gasteiger partial charge in [0, 0.05) is 5.39 Å². The van der Waals surface area contributed by atoms with Gasteiger partial charge in [-0.25, -0.2) is 14.0 Å². The first kappa shape index (κ1) is 16.5. The number of aliphatic hydroxyl groups excluding tert-OH is 1. The number of rotatable bonds is 1. The fourth-order valence-corrected chi connectivity index (χ4v) is 3.28. The molecule has 0 radical (unpaired) electrons. The van der Waals surface area contributed by atoms with Crippen molar-refractivity contribution in [1.29, 1.82) is 0 Å². The molecule has 1 aliphatic heterocycles. The molecule has 28 heavy (non-hydrogen) atoms. The fraction of sp³-hybridized carbons (Fsp3) is 0.0476. The Kier molecular flexibility index (Phi) is 3.47. The molecule has 0 saturated heterocycles. The lowest BCUT2D eigenvalue weighted by molar-refractivity contribution is -0.0231. The Bertz CT molecular complexity index is 1370. The second-order valence-electron chi connectivity index (χ2n) is 6.33. The molecule has 0 saturated carbocycles. The molecule has 0 fully saturated rings. The van der Waals surface area contributed by atoms with Crippen LogP contribution in [0.1, 0.15) is 11.9 Å². The van der Waals surface area contributed by atoms with E-state index in [2.05, 4.69) is 0 Å². The summed E-state index contributed by atoms with van der Waals surface area (Å²) in [5, 5.41) is 10.9. The van der Waals surface area contributed by atoms with E-state index in [-0.39, 0.29) is 33.8 Å². The van der Waals surface area contributed by atoms with Crippen LogP contribution in [0.2, 0.25) is 0 Å². The van der Waals surface area contributed by atoms with E-state index in [1.54, 1.807) is 24.3 Å². The van der Waals surface area contributed by atoms with Gasteiger partial charge in [-0.1, -0.05) is 18.2 Å². The van der Waals surface area contributed by atoms with E-state index < -0.39 is 23.4 Å². The number of ether oxygens (including phenoxy) is 1. The lowest BCUT2D eigenvalue weighted by Crippen LogP contribution is -2.18. The third kappa shape index (κ3) is 2.44. The Morgan fingerprint density at radius 3 is 2.46 bits per heavy atom. The third-order valence-electron chi connectivity index (χ3n) is 4.60. The van der Waals surface area contributed by atoms with Gasteiger partial charge in [-0.2, -0.15) is 0 Å². The van der Waals surface area contributed by atoms with E-state index in [4.69, 9.17) is 13.6 Å². The Morgan fingerprint density at radius 2 is 1.61 bits per heavy atom. The molecule has 6 nitrogen and oxygen atoms in total. The van der Waals surface area contributed by atoms with Crippen LogP contribution in [0.25, 0.3) is 33.4 Å². The van der Waals surface area contributed by atoms with Gasteiger partial charge in [-0.05, 0) is 36.4 Å². The van der Waals surface area contributed by atoms with Crippen LogP contribution in [-0.2, 0) is 0 Å². The molecule has 0 aliphatic carbocycles. The summed E-state index contributed by atoms with van der Waals surface area (Å²) in [5.74, 6) is -0.374. The van der Waals surface area contributed by atoms with Gasteiger partial charge in [0.05, 0.1) is 22.3 Å². The van der Waals surface area contributed by atoms with Crippen LogP contribution in [-0.4, -0.2) is 5.11 Å². The lowest BCUT2D eigenvalue weighted by atomic mass is 9.99. The van der Waals surface area contributed by atoms with Crippen molar-refractivity contribution in [3.05, 3.63) is 86.8 Å². The van der Waals surface area contributed by atoms with Gasteiger partial charge in [0.15, 0.2) is 5.76 Å². The highest BCUT2D eigenvalue weighted by Crippen LogP contribution is 2.42. The standard InChI is InChI=1S/C21H11FO6/c22-11-5-6-17-14(8-11)18-15(21(25)27-17)9-13(20(24)28-18)12-7-10-3-1-2-4-16(10)26-19(12)23/h1-9,21,25H. The van der Waals surface area contributed by atoms with Crippen LogP contribution in [0, 0.1) is 5.82 Å². The summed E-state index contributed by atoms with van der Waals surface area (Å²) < 4.78 is 29.6. The lowest BCUT2D eigenvalue weighted by Gasteiger charge is -2.24. The number of halogens is 1. The second-order valence-corrected chi connectivity index (χ2v) is 6.33. The molecule has 3 heterocycles. The zero-order valence-corrected chi connectivity index (χ0v) is 14.1. The summed E-state index contributed by atoms with van der Waals surface area (Å²) in [4.78, 5) is 25.0. The van der Waals surface area contributed by atoms with Crippen molar-refractivity contribution in [2.45, 2.75) is 6.29 Å². The number of aliphatic hydroxyl groups is 1. The minimum absolute atomic E-state index is 0.00695. The summed E-state index contributed by atoms with van der Waals surface area (Å²) in [6.45, 7) is 0. The molecular weight excluding hydrogens is 367 g/mol. The quantitative estimate of drug-likeness (QED) is 0.509. The summed E-state index contributed by atoms with van der Waals surface area (Å²) in [7, 11) is 0. The Labute approximate surface area is 156 Å². The number of para-hydroxylation sites is 1. The molecule has 5 rings (SSSR count). The molecule has 138 valence electrons. The van der Waals surface area contributed by atoms with Gasteiger partial charge in [-0.15, -0.1) is 0 Å². The van der Waals surface area contributed by atoms with Crippen LogP contribution in [0.5, 0.6) is 5.75 Å². The average Bonchev–Trinajstić information content (AvgIpc) is 2.68. The number of hydrogen-bond acceptors (Lipinski definition) is 6. The predicted octanol–water partition coefficient (Wildman–Crippen LogP) is 3.60. The van der Waals surface area contributed by atoms with E-state index in [1.165, 1.54) is 24.3 Å². The van der Waals surface area contributed by atoms with E-state index in [1.807, 2.05) is 0 Å². The second kappa shape index (κ2) is 5.90. The van der Waals surface area contributed by atoms with Gasteiger partial charge in [0.2, 0.25) is 6.29 Å². The Balaban J connectivity index is 1.77. The Morgan fingerprint density at radius 1 is 0.857 bits per heavy atom. The molecule has 0 spiro atoms. The van der Waals surface area contributed by atoms with Gasteiger partial charge in [0.25, 0.3) is 0 Å². The van der Waals surface area contributed by atoms with E-state index in [0.717, 1.165) is 6.07 Å². The molecule has 1 aliphatic rings. The molecule has 2 aromatic heterocycles. The largest absolute Gasteiger partial charge is 0.460 e. The predicted molar refractivity (Wildman–Crippen MR) is 97.4 cm³/mol. The SMILES string of the molecule is O=c1oc2c(cc1-c1cc3ccccc3oc1=O)C(O)Oc1ccc(F)cc1-2. The van der Waals surface area contributed by atoms with Crippen molar-refractivity contribution in [1.82, 2.24) is 0 Å². The fourth-order valence-electron chi connectivity index (χ4n) is 3.28. The Hall–Kier alpha value is -3.71. The maximum absolute atomic E-state index is 13.6. The normalized spacial score (nSPS) is 15.0. The average molecular weight is 378 g/mol. The first-order valence-electron chi connectivity index (χ1n) is 8.37. The summed E-state index contributed by atoms with van der Waals surface area (Å²) in [5.41, 5.74) is -0.927. The third-order valence-corrected chi connectivity index (χ3v) is 4.60. The maximum atomic E-state index is 13.6. The highest BCUT2D eigenvalue weighted by molar-refractivity contribution is 5.82. The van der Waals surface area contributed by atoms with Crippen molar-refractivity contribution in [2.24, 2.45) is 0 Å².